The molecule has 122 valence electrons. The fourth-order valence-electron chi connectivity index (χ4n) is 2.69. The molecule has 0 unspecified atom stereocenters. The molecule has 1 aliphatic heterocycles. The highest BCUT2D eigenvalue weighted by Gasteiger charge is 2.57. The maximum atomic E-state index is 15.9. The Morgan fingerprint density at radius 3 is 2.00 bits per heavy atom. The molecule has 24 heavy (non-hydrogen) atoms. The summed E-state index contributed by atoms with van der Waals surface area (Å²) in [5.41, 5.74) is -0.0209. The number of alkyl halides is 1. The SMILES string of the molecule is CCOC(=O)[C@](F)(c1ccccc1)N1C(=O)c2ccccc2C1=O. The first kappa shape index (κ1) is 15.9. The number of fused-ring (bicyclic) bond motifs is 1. The number of halogens is 1. The van der Waals surface area contributed by atoms with E-state index in [0.29, 0.717) is 4.90 Å². The molecule has 0 aromatic heterocycles. The number of nitrogens with zero attached hydrogens (tertiary/aromatic N) is 1. The van der Waals surface area contributed by atoms with Crippen LogP contribution in [-0.4, -0.2) is 29.3 Å². The van der Waals surface area contributed by atoms with Crippen LogP contribution in [0.4, 0.5) is 4.39 Å². The minimum absolute atomic E-state index is 0.0600. The Labute approximate surface area is 137 Å². The van der Waals surface area contributed by atoms with Crippen LogP contribution in [0.25, 0.3) is 0 Å². The van der Waals surface area contributed by atoms with Crippen molar-refractivity contribution < 1.29 is 23.5 Å². The second kappa shape index (κ2) is 5.88. The maximum absolute atomic E-state index is 15.9. The van der Waals surface area contributed by atoms with E-state index in [-0.39, 0.29) is 23.3 Å². The molecule has 0 aliphatic carbocycles. The molecule has 0 N–H and O–H groups in total. The van der Waals surface area contributed by atoms with E-state index in [9.17, 15) is 14.4 Å². The van der Waals surface area contributed by atoms with E-state index in [1.807, 2.05) is 0 Å². The number of hydrogen-bond donors (Lipinski definition) is 0. The normalized spacial score (nSPS) is 15.8. The van der Waals surface area contributed by atoms with Gasteiger partial charge in [-0.15, -0.1) is 0 Å². The van der Waals surface area contributed by atoms with E-state index in [0.717, 1.165) is 0 Å². The molecule has 0 bridgehead atoms. The van der Waals surface area contributed by atoms with Gasteiger partial charge in [0.2, 0.25) is 0 Å². The molecular formula is C18H14FNO4. The molecule has 1 aliphatic rings. The van der Waals surface area contributed by atoms with Gasteiger partial charge in [-0.3, -0.25) is 9.59 Å². The van der Waals surface area contributed by atoms with Gasteiger partial charge in [0.05, 0.1) is 17.7 Å². The van der Waals surface area contributed by atoms with Gasteiger partial charge in [0.1, 0.15) is 0 Å². The van der Waals surface area contributed by atoms with Crippen LogP contribution in [0.1, 0.15) is 33.2 Å². The van der Waals surface area contributed by atoms with Crippen molar-refractivity contribution in [2.45, 2.75) is 12.7 Å². The predicted octanol–water partition coefficient (Wildman–Crippen LogP) is 2.67. The second-order valence-corrected chi connectivity index (χ2v) is 5.20. The summed E-state index contributed by atoms with van der Waals surface area (Å²) in [5, 5.41) is 0. The first-order valence-corrected chi connectivity index (χ1v) is 7.41. The Morgan fingerprint density at radius 2 is 1.50 bits per heavy atom. The average Bonchev–Trinajstić information content (AvgIpc) is 2.87. The number of esters is 1. The standard InChI is InChI=1S/C18H14FNO4/c1-2-24-17(23)18(19,12-8-4-3-5-9-12)20-15(21)13-10-6-7-11-14(13)16(20)22/h3-11H,2H2,1H3/t18-/m0/s1. The van der Waals surface area contributed by atoms with Gasteiger partial charge in [0.25, 0.3) is 11.8 Å². The number of carbonyl (C=O) groups excluding carboxylic acids is 3. The zero-order valence-corrected chi connectivity index (χ0v) is 12.9. The fourth-order valence-corrected chi connectivity index (χ4v) is 2.69. The predicted molar refractivity (Wildman–Crippen MR) is 82.8 cm³/mol. The van der Waals surface area contributed by atoms with Crippen LogP contribution in [0.15, 0.2) is 54.6 Å². The van der Waals surface area contributed by atoms with Crippen molar-refractivity contribution in [2.24, 2.45) is 0 Å². The van der Waals surface area contributed by atoms with Crippen molar-refractivity contribution in [1.29, 1.82) is 0 Å². The number of carbonyl (C=O) groups is 3. The zero-order chi connectivity index (χ0) is 17.3. The minimum atomic E-state index is -3.02. The maximum Gasteiger partial charge on any atom is 0.370 e. The molecule has 0 radical (unpaired) electrons. The summed E-state index contributed by atoms with van der Waals surface area (Å²) in [6, 6.07) is 13.3. The third-order valence-corrected chi connectivity index (χ3v) is 3.80. The molecule has 2 aromatic rings. The van der Waals surface area contributed by atoms with Gasteiger partial charge >= 0.3 is 11.8 Å². The van der Waals surface area contributed by atoms with Gasteiger partial charge in [-0.25, -0.2) is 14.1 Å². The number of amides is 2. The molecule has 5 nitrogen and oxygen atoms in total. The molecule has 1 atom stereocenters. The van der Waals surface area contributed by atoms with Crippen molar-refractivity contribution in [2.75, 3.05) is 6.61 Å². The highest BCUT2D eigenvalue weighted by Crippen LogP contribution is 2.38. The lowest BCUT2D eigenvalue weighted by Crippen LogP contribution is -2.52. The lowest BCUT2D eigenvalue weighted by molar-refractivity contribution is -0.168. The van der Waals surface area contributed by atoms with Crippen LogP contribution in [0.5, 0.6) is 0 Å². The second-order valence-electron chi connectivity index (χ2n) is 5.20. The van der Waals surface area contributed by atoms with Gasteiger partial charge in [0.15, 0.2) is 0 Å². The number of rotatable bonds is 4. The number of benzene rings is 2. The van der Waals surface area contributed by atoms with Crippen LogP contribution >= 0.6 is 0 Å². The lowest BCUT2D eigenvalue weighted by atomic mass is 10.0. The Morgan fingerprint density at radius 1 is 1.00 bits per heavy atom. The first-order chi connectivity index (χ1) is 11.5. The van der Waals surface area contributed by atoms with Crippen molar-refractivity contribution >= 4 is 17.8 Å². The molecule has 0 spiro atoms. The van der Waals surface area contributed by atoms with Crippen molar-refractivity contribution in [3.8, 4) is 0 Å². The third-order valence-electron chi connectivity index (χ3n) is 3.80. The van der Waals surface area contributed by atoms with Gasteiger partial charge in [-0.2, -0.15) is 0 Å². The third kappa shape index (κ3) is 2.19. The Bertz CT molecular complexity index is 786. The highest BCUT2D eigenvalue weighted by molar-refractivity contribution is 6.23. The van der Waals surface area contributed by atoms with Gasteiger partial charge < -0.3 is 4.74 Å². The molecule has 3 rings (SSSR count). The van der Waals surface area contributed by atoms with Crippen molar-refractivity contribution in [3.05, 3.63) is 71.3 Å². The molecular weight excluding hydrogens is 313 g/mol. The average molecular weight is 327 g/mol. The topological polar surface area (TPSA) is 63.7 Å². The van der Waals surface area contributed by atoms with E-state index in [4.69, 9.17) is 4.74 Å². The number of hydrogen-bond acceptors (Lipinski definition) is 4. The summed E-state index contributed by atoms with van der Waals surface area (Å²) in [6.45, 7) is 1.44. The first-order valence-electron chi connectivity index (χ1n) is 7.41. The molecule has 2 amide bonds. The molecule has 6 heteroatoms. The monoisotopic (exact) mass is 327 g/mol. The van der Waals surface area contributed by atoms with E-state index in [1.165, 1.54) is 43.3 Å². The van der Waals surface area contributed by atoms with Gasteiger partial charge in [-0.05, 0) is 19.1 Å². The summed E-state index contributed by atoms with van der Waals surface area (Å²) in [4.78, 5) is 37.9. The molecule has 0 saturated heterocycles. The van der Waals surface area contributed by atoms with E-state index in [2.05, 4.69) is 0 Å². The highest BCUT2D eigenvalue weighted by atomic mass is 19.1. The summed E-state index contributed by atoms with van der Waals surface area (Å²) in [5.74, 6) is -6.06. The van der Waals surface area contributed by atoms with Crippen LogP contribution in [0.2, 0.25) is 0 Å². The van der Waals surface area contributed by atoms with Crippen LogP contribution in [-0.2, 0) is 15.3 Å². The number of ether oxygens (including phenoxy) is 1. The summed E-state index contributed by atoms with van der Waals surface area (Å²) < 4.78 is 20.7. The number of imide groups is 1. The quantitative estimate of drug-likeness (QED) is 0.492. The Balaban J connectivity index is 2.16. The van der Waals surface area contributed by atoms with E-state index in [1.54, 1.807) is 18.2 Å². The smallest absolute Gasteiger partial charge is 0.370 e. The molecule has 2 aromatic carbocycles. The lowest BCUT2D eigenvalue weighted by Gasteiger charge is -2.31. The zero-order valence-electron chi connectivity index (χ0n) is 12.9. The van der Waals surface area contributed by atoms with E-state index < -0.39 is 23.6 Å². The molecule has 0 saturated carbocycles. The molecule has 0 fully saturated rings. The van der Waals surface area contributed by atoms with Crippen molar-refractivity contribution in [1.82, 2.24) is 4.90 Å². The Kier molecular flexibility index (Phi) is 3.89. The van der Waals surface area contributed by atoms with Gasteiger partial charge in [0, 0.05) is 5.56 Å². The summed E-state index contributed by atoms with van der Waals surface area (Å²) in [6.07, 6.45) is 0. The van der Waals surface area contributed by atoms with Crippen LogP contribution in [0, 0.1) is 0 Å². The van der Waals surface area contributed by atoms with Crippen molar-refractivity contribution in [3.63, 3.8) is 0 Å². The van der Waals surface area contributed by atoms with Crippen LogP contribution < -0.4 is 0 Å². The van der Waals surface area contributed by atoms with Gasteiger partial charge in [-0.1, -0.05) is 42.5 Å². The minimum Gasteiger partial charge on any atom is -0.462 e. The molecule has 1 heterocycles. The van der Waals surface area contributed by atoms with E-state index >= 15 is 4.39 Å². The largest absolute Gasteiger partial charge is 0.462 e. The Hall–Kier alpha value is -3.02. The summed E-state index contributed by atoms with van der Waals surface area (Å²) >= 11 is 0. The summed E-state index contributed by atoms with van der Waals surface area (Å²) in [7, 11) is 0. The van der Waals surface area contributed by atoms with Crippen LogP contribution in [0.3, 0.4) is 0 Å². The fraction of sp³-hybridized carbons (Fsp3) is 0.167.